The van der Waals surface area contributed by atoms with Crippen LogP contribution in [0.3, 0.4) is 0 Å². The Morgan fingerprint density at radius 3 is 1.24 bits per heavy atom. The fraction of sp³-hybridized carbons (Fsp3) is 0.852. The standard InChI is InChI=1S/C13H25ClO4Si.C10H22O4.C3H5Cl3Si.CH2Cl2.BH.U/c1-8-9-19(14)17-10(12(2,3)15-6)11(18-19)13(4,5)16-7;1-9(2,13-5)7(11)8(12)10(3,4)14-6;1-2-3-7(4,5)6;2-1-3;;/h8,10-11H,1,9H2,2-7H3;7-8,11-12H,1-6H3;2H,1,3H2;1H2;1H;/t10-,11-;7-,8-;;;;/m11..../s1/i;;;;1D;. The zero-order valence-electron chi connectivity index (χ0n) is 29.7. The summed E-state index contributed by atoms with van der Waals surface area (Å²) in [6.45, 7) is 21.9. The Kier molecular flexibility index (Phi) is 30.6. The van der Waals surface area contributed by atoms with Crippen molar-refractivity contribution in [2.75, 3.05) is 33.8 Å². The van der Waals surface area contributed by atoms with Gasteiger partial charge in [-0.15, -0.1) is 69.6 Å². The van der Waals surface area contributed by atoms with Gasteiger partial charge in [-0.05, 0) is 56.7 Å². The molecule has 45 heavy (non-hydrogen) atoms. The van der Waals surface area contributed by atoms with E-state index in [1.54, 1.807) is 54.1 Å². The summed E-state index contributed by atoms with van der Waals surface area (Å²) < 4.78 is 38.6. The minimum absolute atomic E-state index is 0. The summed E-state index contributed by atoms with van der Waals surface area (Å²) in [6, 6.07) is -1.29. The number of aliphatic hydroxyl groups excluding tert-OH is 2. The van der Waals surface area contributed by atoms with E-state index >= 15 is 0 Å². The first kappa shape index (κ1) is 54.2. The average molecular weight is 1030 g/mol. The second kappa shape index (κ2) is 25.4. The van der Waals surface area contributed by atoms with Crippen molar-refractivity contribution in [2.24, 2.45) is 0 Å². The summed E-state index contributed by atoms with van der Waals surface area (Å²) in [6.07, 6.45) is 0.801. The number of ether oxygens (including phenoxy) is 4. The third kappa shape index (κ3) is 22.1. The van der Waals surface area contributed by atoms with Crippen LogP contribution in [-0.4, -0.2) is 114 Å². The van der Waals surface area contributed by atoms with Crippen molar-refractivity contribution in [3.8, 4) is 0 Å². The summed E-state index contributed by atoms with van der Waals surface area (Å²) >= 11 is 32.3. The second-order valence-corrected chi connectivity index (χ2v) is 25.5. The Labute approximate surface area is 330 Å². The first-order valence-electron chi connectivity index (χ1n) is 13.9. The minimum Gasteiger partial charge on any atom is -0.387 e. The molecule has 0 spiro atoms. The van der Waals surface area contributed by atoms with Crippen LogP contribution in [0.25, 0.3) is 0 Å². The maximum Gasteiger partial charge on any atom is 0.447 e. The van der Waals surface area contributed by atoms with Gasteiger partial charge in [0, 0.05) is 80.0 Å². The maximum absolute atomic E-state index is 9.86. The fourth-order valence-corrected chi connectivity index (χ4v) is 7.59. The van der Waals surface area contributed by atoms with Crippen LogP contribution in [0.4, 0.5) is 0 Å². The Morgan fingerprint density at radius 2 is 1.09 bits per heavy atom. The molecule has 0 amide bonds. The van der Waals surface area contributed by atoms with E-state index in [9.17, 15) is 10.2 Å². The normalized spacial score (nSPS) is 19.5. The van der Waals surface area contributed by atoms with Gasteiger partial charge >= 0.3 is 13.9 Å². The molecule has 0 aliphatic carbocycles. The van der Waals surface area contributed by atoms with Crippen molar-refractivity contribution < 1.29 is 69.1 Å². The van der Waals surface area contributed by atoms with Crippen LogP contribution < -0.4 is 0 Å². The summed E-state index contributed by atoms with van der Waals surface area (Å²) in [7, 11) is 7.28. The van der Waals surface area contributed by atoms with Gasteiger partial charge in [0.2, 0.25) is 0 Å². The number of hydrogen-bond donors (Lipinski definition) is 2. The van der Waals surface area contributed by atoms with Gasteiger partial charge in [-0.25, -0.2) is 0 Å². The molecule has 8 nitrogen and oxygen atoms in total. The molecule has 0 saturated carbocycles. The first-order chi connectivity index (χ1) is 20.3. The van der Waals surface area contributed by atoms with Crippen LogP contribution in [0.5, 0.6) is 0 Å². The molecule has 268 valence electrons. The van der Waals surface area contributed by atoms with Gasteiger partial charge in [0.25, 0.3) is 0 Å². The van der Waals surface area contributed by atoms with Gasteiger partial charge in [-0.2, -0.15) is 0 Å². The second-order valence-electron chi connectivity index (χ2n) is 11.6. The number of methoxy groups -OCH3 is 4. The van der Waals surface area contributed by atoms with Crippen molar-refractivity contribution in [1.82, 2.24) is 0 Å². The molecule has 1 heterocycles. The van der Waals surface area contributed by atoms with Crippen LogP contribution in [0.1, 0.15) is 55.4 Å². The molecule has 0 aromatic carbocycles. The maximum atomic E-state index is 9.86. The molecule has 0 unspecified atom stereocenters. The van der Waals surface area contributed by atoms with E-state index in [1.807, 2.05) is 27.7 Å². The van der Waals surface area contributed by atoms with Crippen molar-refractivity contribution in [2.45, 2.75) is 114 Å². The number of hydrogen-bond acceptors (Lipinski definition) is 8. The van der Waals surface area contributed by atoms with Crippen molar-refractivity contribution >= 4 is 89.8 Å². The van der Waals surface area contributed by atoms with E-state index in [-0.39, 0.29) is 48.7 Å². The summed E-state index contributed by atoms with van der Waals surface area (Å²) in [4.78, 5) is 0. The third-order valence-electron chi connectivity index (χ3n) is 6.84. The molecular weight excluding hydrogens is 970 g/mol. The monoisotopic (exact) mass is 1020 g/mol. The van der Waals surface area contributed by atoms with Crippen LogP contribution in [0.2, 0.25) is 12.1 Å². The Hall–Kier alpha value is 2.45. The number of allylic oxidation sites excluding steroid dienone is 2. The van der Waals surface area contributed by atoms with Crippen molar-refractivity contribution in [3.05, 3.63) is 25.3 Å². The van der Waals surface area contributed by atoms with Gasteiger partial charge in [0.15, 0.2) is 0 Å². The molecule has 1 saturated heterocycles. The van der Waals surface area contributed by atoms with Crippen molar-refractivity contribution in [3.63, 3.8) is 0 Å². The van der Waals surface area contributed by atoms with E-state index in [2.05, 4.69) is 21.5 Å². The van der Waals surface area contributed by atoms with E-state index in [1.165, 1.54) is 14.2 Å². The van der Waals surface area contributed by atoms with Crippen LogP contribution in [0.15, 0.2) is 25.3 Å². The fourth-order valence-electron chi connectivity index (χ4n) is 3.21. The number of alkyl halides is 2. The molecule has 0 aromatic rings. The Bertz CT molecular complexity index is 762. The summed E-state index contributed by atoms with van der Waals surface area (Å²) in [5.74, 6) is 0. The van der Waals surface area contributed by atoms with Crippen LogP contribution >= 0.6 is 67.5 Å². The molecule has 1 aliphatic heterocycles. The topological polar surface area (TPSA) is 95.8 Å². The predicted molar refractivity (Wildman–Crippen MR) is 195 cm³/mol. The smallest absolute Gasteiger partial charge is 0.387 e. The van der Waals surface area contributed by atoms with E-state index in [4.69, 9.17) is 96.7 Å². The molecule has 2 N–H and O–H groups in total. The quantitative estimate of drug-likeness (QED) is 0.0872. The number of halogens is 6. The molecule has 0 bridgehead atoms. The number of rotatable bonds is 13. The van der Waals surface area contributed by atoms with Gasteiger partial charge < -0.3 is 38.0 Å². The van der Waals surface area contributed by atoms with Crippen molar-refractivity contribution in [1.29, 1.82) is 1.34 Å². The summed E-state index contributed by atoms with van der Waals surface area (Å²) in [5, 5.41) is 19.9. The largest absolute Gasteiger partial charge is 0.447 e. The summed E-state index contributed by atoms with van der Waals surface area (Å²) in [5.41, 5.74) is -2.61. The molecule has 1 aliphatic rings. The molecule has 1 fully saturated rings. The van der Waals surface area contributed by atoms with Crippen LogP contribution in [0, 0.1) is 31.1 Å². The van der Waals surface area contributed by atoms with Gasteiger partial charge in [-0.1, -0.05) is 23.2 Å². The van der Waals surface area contributed by atoms with Gasteiger partial charge in [0.05, 0.1) is 27.7 Å². The van der Waals surface area contributed by atoms with Gasteiger partial charge in [0.1, 0.15) is 24.4 Å². The zero-order valence-corrected chi connectivity index (χ0v) is 39.4. The van der Waals surface area contributed by atoms with Crippen LogP contribution in [-0.2, 0) is 27.8 Å². The van der Waals surface area contributed by atoms with E-state index in [0.717, 1.165) is 0 Å². The minimum atomic E-state index is -2.77. The molecule has 4 atom stereocenters. The number of aliphatic hydroxyl groups is 2. The Morgan fingerprint density at radius 1 is 0.800 bits per heavy atom. The average Bonchev–Trinajstić information content (AvgIpc) is 3.33. The molecule has 2 radical (unpaired) electrons. The molecule has 1 rings (SSSR count). The van der Waals surface area contributed by atoms with E-state index < -0.39 is 48.5 Å². The molecule has 18 heteroatoms. The first-order valence-corrected chi connectivity index (χ1v) is 22.6. The van der Waals surface area contributed by atoms with Gasteiger partial charge in [-0.3, -0.25) is 0 Å². The SMILES string of the molecule is C=CC[Si](Cl)(Cl)Cl.C=CC[Si]1(Cl)O[C@@H](C(C)(C)OC)[C@H](C(C)(C)OC)O1.COC(C)(C)[C@H](O)[C@@H](O)C(C)(C)OC.ClCCl.[2H][B].[U]. The molecule has 0 aromatic heterocycles. The zero-order chi connectivity index (χ0) is 37.1. The predicted octanol–water partition coefficient (Wildman–Crippen LogP) is 7.14. The van der Waals surface area contributed by atoms with E-state index in [0.29, 0.717) is 12.1 Å². The Balaban J connectivity index is -0.000000182. The third-order valence-corrected chi connectivity index (χ3v) is 12.0. The molecular formula is C27H55BCl6O8Si2U.